The Morgan fingerprint density at radius 2 is 1.85 bits per heavy atom. The van der Waals surface area contributed by atoms with E-state index in [-0.39, 0.29) is 24.1 Å². The highest BCUT2D eigenvalue weighted by atomic mass is 35.5. The van der Waals surface area contributed by atoms with Gasteiger partial charge >= 0.3 is 0 Å². The van der Waals surface area contributed by atoms with E-state index in [2.05, 4.69) is 27.4 Å². The molecule has 176 valence electrons. The van der Waals surface area contributed by atoms with Crippen molar-refractivity contribution in [2.45, 2.75) is 32.1 Å². The van der Waals surface area contributed by atoms with Crippen LogP contribution in [0.15, 0.2) is 66.4 Å². The lowest BCUT2D eigenvalue weighted by Gasteiger charge is -2.11. The van der Waals surface area contributed by atoms with Gasteiger partial charge in [0.25, 0.3) is 0 Å². The van der Waals surface area contributed by atoms with Crippen LogP contribution in [0.5, 0.6) is 0 Å². The van der Waals surface area contributed by atoms with Gasteiger partial charge in [0.05, 0.1) is 12.3 Å². The average Bonchev–Trinajstić information content (AvgIpc) is 3.20. The van der Waals surface area contributed by atoms with E-state index >= 15 is 0 Å². The quantitative estimate of drug-likeness (QED) is 0.240. The van der Waals surface area contributed by atoms with E-state index in [4.69, 9.17) is 11.6 Å². The summed E-state index contributed by atoms with van der Waals surface area (Å²) >= 11 is 7.39. The van der Waals surface area contributed by atoms with Crippen molar-refractivity contribution in [1.29, 1.82) is 0 Å². The minimum atomic E-state index is -0.282. The lowest BCUT2D eigenvalue weighted by molar-refractivity contribution is -0.116. The second-order valence-corrected chi connectivity index (χ2v) is 8.82. The van der Waals surface area contributed by atoms with Gasteiger partial charge in [0.15, 0.2) is 11.0 Å². The fraction of sp³-hybridized carbons (Fsp3) is 0.200. The van der Waals surface area contributed by atoms with Crippen LogP contribution in [0.2, 0.25) is 5.02 Å². The number of carbonyl (C=O) groups is 2. The van der Waals surface area contributed by atoms with E-state index in [1.54, 1.807) is 18.2 Å². The molecule has 0 saturated carbocycles. The number of aromatic nitrogens is 3. The molecule has 3 aromatic rings. The Kier molecular flexibility index (Phi) is 9.07. The Morgan fingerprint density at radius 1 is 1.12 bits per heavy atom. The van der Waals surface area contributed by atoms with Gasteiger partial charge in [0, 0.05) is 23.3 Å². The fourth-order valence-electron chi connectivity index (χ4n) is 3.19. The molecule has 7 nitrogen and oxygen atoms in total. The van der Waals surface area contributed by atoms with Crippen LogP contribution in [0.4, 0.5) is 5.69 Å². The summed E-state index contributed by atoms with van der Waals surface area (Å²) in [5, 5.41) is 15.3. The van der Waals surface area contributed by atoms with E-state index in [1.807, 2.05) is 54.8 Å². The highest BCUT2D eigenvalue weighted by Gasteiger charge is 2.15. The zero-order valence-electron chi connectivity index (χ0n) is 19.0. The van der Waals surface area contributed by atoms with Gasteiger partial charge < -0.3 is 15.2 Å². The zero-order chi connectivity index (χ0) is 24.5. The summed E-state index contributed by atoms with van der Waals surface area (Å²) in [6.45, 7) is 8.33. The number of rotatable bonds is 10. The second-order valence-electron chi connectivity index (χ2n) is 7.47. The minimum Gasteiger partial charge on any atom is -0.345 e. The molecule has 0 bridgehead atoms. The number of nitrogens with zero attached hydrogens (tertiary/aromatic N) is 3. The normalized spacial score (nSPS) is 10.9. The smallest absolute Gasteiger partial charge is 0.244 e. The predicted octanol–water partition coefficient (Wildman–Crippen LogP) is 4.79. The summed E-state index contributed by atoms with van der Waals surface area (Å²) in [5.74, 6) is 0.332. The SMILES string of the molecule is C=CCn1c(CNC(=O)/C=C/c2ccccc2Cl)nnc1SCC(=O)Nc1c(C)cccc1C. The van der Waals surface area contributed by atoms with Crippen LogP contribution in [0, 0.1) is 13.8 Å². The maximum absolute atomic E-state index is 12.5. The molecule has 0 spiro atoms. The number of carbonyl (C=O) groups excluding carboxylic acids is 2. The lowest BCUT2D eigenvalue weighted by atomic mass is 10.1. The molecular weight excluding hydrogens is 470 g/mol. The number of allylic oxidation sites excluding steroid dienone is 1. The molecule has 1 aromatic heterocycles. The number of thioether (sulfide) groups is 1. The number of hydrogen-bond donors (Lipinski definition) is 2. The summed E-state index contributed by atoms with van der Waals surface area (Å²) in [4.78, 5) is 24.8. The van der Waals surface area contributed by atoms with E-state index in [0.717, 1.165) is 22.4 Å². The van der Waals surface area contributed by atoms with Crippen LogP contribution in [0.1, 0.15) is 22.5 Å². The summed E-state index contributed by atoms with van der Waals surface area (Å²) in [7, 11) is 0. The molecule has 0 fully saturated rings. The Balaban J connectivity index is 1.59. The number of halogens is 1. The van der Waals surface area contributed by atoms with Gasteiger partial charge in [-0.05, 0) is 42.7 Å². The van der Waals surface area contributed by atoms with E-state index < -0.39 is 0 Å². The van der Waals surface area contributed by atoms with Crippen molar-refractivity contribution in [2.75, 3.05) is 11.1 Å². The molecule has 34 heavy (non-hydrogen) atoms. The maximum atomic E-state index is 12.5. The summed E-state index contributed by atoms with van der Waals surface area (Å²) in [5.41, 5.74) is 3.60. The summed E-state index contributed by atoms with van der Waals surface area (Å²) < 4.78 is 1.82. The van der Waals surface area contributed by atoms with Crippen molar-refractivity contribution < 1.29 is 9.59 Å². The Hall–Kier alpha value is -3.36. The number of nitrogens with one attached hydrogen (secondary N) is 2. The molecule has 3 rings (SSSR count). The molecule has 2 amide bonds. The molecule has 0 aliphatic rings. The first-order chi connectivity index (χ1) is 16.4. The fourth-order valence-corrected chi connectivity index (χ4v) is 4.15. The number of anilines is 1. The molecule has 0 radical (unpaired) electrons. The summed E-state index contributed by atoms with van der Waals surface area (Å²) in [6.07, 6.45) is 4.79. The van der Waals surface area contributed by atoms with Crippen molar-refractivity contribution in [3.63, 3.8) is 0 Å². The van der Waals surface area contributed by atoms with Gasteiger partial charge in [-0.25, -0.2) is 0 Å². The van der Waals surface area contributed by atoms with Gasteiger partial charge in [-0.2, -0.15) is 0 Å². The van der Waals surface area contributed by atoms with E-state index in [0.29, 0.717) is 22.5 Å². The molecule has 0 aliphatic heterocycles. The van der Waals surface area contributed by atoms with Crippen molar-refractivity contribution >= 4 is 46.9 Å². The first-order valence-electron chi connectivity index (χ1n) is 10.6. The number of amides is 2. The monoisotopic (exact) mass is 495 g/mol. The third-order valence-corrected chi connectivity index (χ3v) is 6.23. The van der Waals surface area contributed by atoms with E-state index in [9.17, 15) is 9.59 Å². The molecule has 1 heterocycles. The Morgan fingerprint density at radius 3 is 2.56 bits per heavy atom. The van der Waals surface area contributed by atoms with Gasteiger partial charge in [-0.15, -0.1) is 16.8 Å². The van der Waals surface area contributed by atoms with Crippen LogP contribution in [-0.4, -0.2) is 32.3 Å². The van der Waals surface area contributed by atoms with Crippen LogP contribution in [0.3, 0.4) is 0 Å². The number of para-hydroxylation sites is 1. The first-order valence-corrected chi connectivity index (χ1v) is 12.0. The topological polar surface area (TPSA) is 88.9 Å². The van der Waals surface area contributed by atoms with Crippen molar-refractivity contribution in [3.05, 3.63) is 88.7 Å². The Bertz CT molecular complexity index is 1200. The first kappa shape index (κ1) is 25.3. The maximum Gasteiger partial charge on any atom is 0.244 e. The molecule has 2 aromatic carbocycles. The molecule has 2 N–H and O–H groups in total. The minimum absolute atomic E-state index is 0.130. The van der Waals surface area contributed by atoms with Crippen LogP contribution in [0.25, 0.3) is 6.08 Å². The third-order valence-electron chi connectivity index (χ3n) is 4.92. The van der Waals surface area contributed by atoms with E-state index in [1.165, 1.54) is 17.8 Å². The predicted molar refractivity (Wildman–Crippen MR) is 138 cm³/mol. The van der Waals surface area contributed by atoms with Crippen LogP contribution >= 0.6 is 23.4 Å². The molecule has 0 unspecified atom stereocenters. The second kappa shape index (κ2) is 12.2. The van der Waals surface area contributed by atoms with Gasteiger partial charge in [-0.1, -0.05) is 65.8 Å². The molecule has 0 aliphatic carbocycles. The standard InChI is InChI=1S/C25H26ClN5O2S/c1-4-14-31-21(15-27-22(32)13-12-19-10-5-6-11-20(19)26)29-30-25(31)34-16-23(33)28-24-17(2)8-7-9-18(24)3/h4-13H,1,14-16H2,2-3H3,(H,27,32)(H,28,33)/b13-12+. The number of aryl methyl sites for hydroxylation is 2. The highest BCUT2D eigenvalue weighted by molar-refractivity contribution is 7.99. The molecule has 0 saturated heterocycles. The lowest BCUT2D eigenvalue weighted by Crippen LogP contribution is -2.23. The van der Waals surface area contributed by atoms with Gasteiger partial charge in [-0.3, -0.25) is 9.59 Å². The van der Waals surface area contributed by atoms with Gasteiger partial charge in [0.2, 0.25) is 11.8 Å². The molecule has 0 atom stereocenters. The molecular formula is C25H26ClN5O2S. The highest BCUT2D eigenvalue weighted by Crippen LogP contribution is 2.22. The van der Waals surface area contributed by atoms with Crippen molar-refractivity contribution in [2.24, 2.45) is 0 Å². The Labute approximate surface area is 208 Å². The average molecular weight is 496 g/mol. The number of hydrogen-bond acceptors (Lipinski definition) is 5. The van der Waals surface area contributed by atoms with Crippen LogP contribution < -0.4 is 10.6 Å². The third kappa shape index (κ3) is 6.82. The van der Waals surface area contributed by atoms with Crippen LogP contribution in [-0.2, 0) is 22.7 Å². The van der Waals surface area contributed by atoms with Crippen molar-refractivity contribution in [1.82, 2.24) is 20.1 Å². The largest absolute Gasteiger partial charge is 0.345 e. The van der Waals surface area contributed by atoms with Crippen molar-refractivity contribution in [3.8, 4) is 0 Å². The zero-order valence-corrected chi connectivity index (χ0v) is 20.6. The molecule has 9 heteroatoms. The van der Waals surface area contributed by atoms with Gasteiger partial charge in [0.1, 0.15) is 0 Å². The summed E-state index contributed by atoms with van der Waals surface area (Å²) in [6, 6.07) is 13.1. The number of benzene rings is 2.